The summed E-state index contributed by atoms with van der Waals surface area (Å²) in [6.45, 7) is 2.13. The van der Waals surface area contributed by atoms with Gasteiger partial charge in [-0.05, 0) is 44.0 Å². The van der Waals surface area contributed by atoms with Gasteiger partial charge in [-0.15, -0.1) is 0 Å². The summed E-state index contributed by atoms with van der Waals surface area (Å²) in [4.78, 5) is 0. The molecule has 2 rings (SSSR count). The predicted molar refractivity (Wildman–Crippen MR) is 82.8 cm³/mol. The van der Waals surface area contributed by atoms with Gasteiger partial charge in [0.15, 0.2) is 0 Å². The van der Waals surface area contributed by atoms with Gasteiger partial charge in [-0.3, -0.25) is 0 Å². The van der Waals surface area contributed by atoms with Gasteiger partial charge >= 0.3 is 0 Å². The van der Waals surface area contributed by atoms with Crippen molar-refractivity contribution in [2.45, 2.75) is 25.8 Å². The first-order valence-corrected chi connectivity index (χ1v) is 7.05. The number of hydrogen-bond donors (Lipinski definition) is 1. The SMILES string of the molecule is CNC(CCc1cccc(C)c1)c1ccccc1Cl. The van der Waals surface area contributed by atoms with Crippen LogP contribution in [0.3, 0.4) is 0 Å². The van der Waals surface area contributed by atoms with Crippen molar-refractivity contribution in [1.82, 2.24) is 5.32 Å². The van der Waals surface area contributed by atoms with E-state index in [-0.39, 0.29) is 0 Å². The number of rotatable bonds is 5. The molecule has 0 saturated carbocycles. The van der Waals surface area contributed by atoms with Crippen LogP contribution in [0.15, 0.2) is 48.5 Å². The van der Waals surface area contributed by atoms with Crippen molar-refractivity contribution in [3.05, 3.63) is 70.2 Å². The average Bonchev–Trinajstić information content (AvgIpc) is 2.41. The summed E-state index contributed by atoms with van der Waals surface area (Å²) in [5.41, 5.74) is 3.88. The smallest absolute Gasteiger partial charge is 0.0453 e. The monoisotopic (exact) mass is 273 g/mol. The zero-order valence-electron chi connectivity index (χ0n) is 11.5. The summed E-state index contributed by atoms with van der Waals surface area (Å²) in [5.74, 6) is 0. The van der Waals surface area contributed by atoms with Crippen LogP contribution in [-0.2, 0) is 6.42 Å². The fraction of sp³-hybridized carbons (Fsp3) is 0.294. The highest BCUT2D eigenvalue weighted by atomic mass is 35.5. The van der Waals surface area contributed by atoms with Gasteiger partial charge in [-0.2, -0.15) is 0 Å². The molecule has 0 spiro atoms. The fourth-order valence-corrected chi connectivity index (χ4v) is 2.66. The zero-order valence-corrected chi connectivity index (χ0v) is 12.2. The highest BCUT2D eigenvalue weighted by Crippen LogP contribution is 2.26. The van der Waals surface area contributed by atoms with Gasteiger partial charge in [0, 0.05) is 11.1 Å². The molecule has 0 fully saturated rings. The second-order valence-corrected chi connectivity index (χ2v) is 5.30. The summed E-state index contributed by atoms with van der Waals surface area (Å²) in [5, 5.41) is 4.20. The first-order valence-electron chi connectivity index (χ1n) is 6.68. The maximum atomic E-state index is 6.26. The van der Waals surface area contributed by atoms with Crippen molar-refractivity contribution in [1.29, 1.82) is 0 Å². The van der Waals surface area contributed by atoms with E-state index < -0.39 is 0 Å². The van der Waals surface area contributed by atoms with E-state index in [1.165, 1.54) is 16.7 Å². The van der Waals surface area contributed by atoms with Gasteiger partial charge in [0.25, 0.3) is 0 Å². The summed E-state index contributed by atoms with van der Waals surface area (Å²) in [7, 11) is 1.99. The average molecular weight is 274 g/mol. The largest absolute Gasteiger partial charge is 0.313 e. The Bertz CT molecular complexity index is 536. The Morgan fingerprint density at radius 2 is 1.89 bits per heavy atom. The standard InChI is InChI=1S/C17H20ClN/c1-13-6-5-7-14(12-13)10-11-17(19-2)15-8-3-4-9-16(15)18/h3-9,12,17,19H,10-11H2,1-2H3. The Balaban J connectivity index is 2.06. The molecule has 19 heavy (non-hydrogen) atoms. The minimum Gasteiger partial charge on any atom is -0.313 e. The van der Waals surface area contributed by atoms with Crippen molar-refractivity contribution in [3.63, 3.8) is 0 Å². The highest BCUT2D eigenvalue weighted by molar-refractivity contribution is 6.31. The third-order valence-electron chi connectivity index (χ3n) is 3.43. The molecule has 0 aliphatic carbocycles. The molecule has 0 heterocycles. The molecule has 0 aliphatic heterocycles. The molecule has 2 aromatic rings. The van der Waals surface area contributed by atoms with Crippen molar-refractivity contribution in [2.75, 3.05) is 7.05 Å². The van der Waals surface area contributed by atoms with Gasteiger partial charge in [-0.25, -0.2) is 0 Å². The van der Waals surface area contributed by atoms with Gasteiger partial charge in [0.05, 0.1) is 0 Å². The third kappa shape index (κ3) is 3.82. The summed E-state index contributed by atoms with van der Waals surface area (Å²) in [6.07, 6.45) is 2.10. The molecule has 0 bridgehead atoms. The van der Waals surface area contributed by atoms with Gasteiger partial charge in [0.2, 0.25) is 0 Å². The summed E-state index contributed by atoms with van der Waals surface area (Å²) in [6, 6.07) is 17.0. The summed E-state index contributed by atoms with van der Waals surface area (Å²) < 4.78 is 0. The summed E-state index contributed by atoms with van der Waals surface area (Å²) >= 11 is 6.26. The quantitative estimate of drug-likeness (QED) is 0.843. The van der Waals surface area contributed by atoms with E-state index >= 15 is 0 Å². The minimum absolute atomic E-state index is 0.300. The van der Waals surface area contributed by atoms with E-state index in [0.717, 1.165) is 17.9 Å². The second-order valence-electron chi connectivity index (χ2n) is 4.89. The predicted octanol–water partition coefficient (Wildman–Crippen LogP) is 4.54. The lowest BCUT2D eigenvalue weighted by Gasteiger charge is -2.18. The van der Waals surface area contributed by atoms with Crippen molar-refractivity contribution < 1.29 is 0 Å². The van der Waals surface area contributed by atoms with Gasteiger partial charge in [-0.1, -0.05) is 59.6 Å². The first-order chi connectivity index (χ1) is 9.20. The van der Waals surface area contributed by atoms with Crippen LogP contribution in [0.2, 0.25) is 5.02 Å². The van der Waals surface area contributed by atoms with E-state index in [2.05, 4.69) is 42.6 Å². The van der Waals surface area contributed by atoms with E-state index in [9.17, 15) is 0 Å². The van der Waals surface area contributed by atoms with Crippen molar-refractivity contribution in [3.8, 4) is 0 Å². The molecule has 1 unspecified atom stereocenters. The maximum Gasteiger partial charge on any atom is 0.0453 e. The Kier molecular flexibility index (Phi) is 5.00. The molecule has 0 saturated heterocycles. The molecule has 0 amide bonds. The molecule has 2 heteroatoms. The topological polar surface area (TPSA) is 12.0 Å². The fourth-order valence-electron chi connectivity index (χ4n) is 2.39. The van der Waals surface area contributed by atoms with E-state index in [1.807, 2.05) is 25.2 Å². The Morgan fingerprint density at radius 3 is 2.58 bits per heavy atom. The molecule has 1 nitrogen and oxygen atoms in total. The van der Waals surface area contributed by atoms with Gasteiger partial charge < -0.3 is 5.32 Å². The maximum absolute atomic E-state index is 6.26. The Morgan fingerprint density at radius 1 is 1.11 bits per heavy atom. The van der Waals surface area contributed by atoms with Crippen LogP contribution in [0.25, 0.3) is 0 Å². The lowest BCUT2D eigenvalue weighted by molar-refractivity contribution is 0.549. The van der Waals surface area contributed by atoms with Gasteiger partial charge in [0.1, 0.15) is 0 Å². The van der Waals surface area contributed by atoms with Crippen LogP contribution in [0.1, 0.15) is 29.2 Å². The van der Waals surface area contributed by atoms with E-state index in [4.69, 9.17) is 11.6 Å². The van der Waals surface area contributed by atoms with Crippen molar-refractivity contribution in [2.24, 2.45) is 0 Å². The zero-order chi connectivity index (χ0) is 13.7. The van der Waals surface area contributed by atoms with Crippen LogP contribution < -0.4 is 5.32 Å². The number of nitrogens with one attached hydrogen (secondary N) is 1. The van der Waals surface area contributed by atoms with Crippen LogP contribution >= 0.6 is 11.6 Å². The van der Waals surface area contributed by atoms with E-state index in [0.29, 0.717) is 6.04 Å². The molecule has 0 aromatic heterocycles. The number of aryl methyl sites for hydroxylation is 2. The minimum atomic E-state index is 0.300. The molecular weight excluding hydrogens is 254 g/mol. The number of halogens is 1. The molecular formula is C17H20ClN. The molecule has 2 aromatic carbocycles. The molecule has 1 atom stereocenters. The number of benzene rings is 2. The molecule has 1 N–H and O–H groups in total. The number of hydrogen-bond acceptors (Lipinski definition) is 1. The molecule has 0 aliphatic rings. The molecule has 0 radical (unpaired) electrons. The van der Waals surface area contributed by atoms with Crippen LogP contribution in [0.4, 0.5) is 0 Å². The van der Waals surface area contributed by atoms with Crippen LogP contribution in [0.5, 0.6) is 0 Å². The Labute approximate surface area is 120 Å². The normalized spacial score (nSPS) is 12.4. The highest BCUT2D eigenvalue weighted by Gasteiger charge is 2.12. The van der Waals surface area contributed by atoms with Crippen LogP contribution in [-0.4, -0.2) is 7.05 Å². The Hall–Kier alpha value is -1.31. The van der Waals surface area contributed by atoms with E-state index in [1.54, 1.807) is 0 Å². The third-order valence-corrected chi connectivity index (χ3v) is 3.78. The first kappa shape index (κ1) is 14.1. The lowest BCUT2D eigenvalue weighted by Crippen LogP contribution is -2.17. The van der Waals surface area contributed by atoms with Crippen molar-refractivity contribution >= 4 is 11.6 Å². The molecule has 100 valence electrons. The van der Waals surface area contributed by atoms with Crippen LogP contribution in [0, 0.1) is 6.92 Å². The second kappa shape index (κ2) is 6.74. The lowest BCUT2D eigenvalue weighted by atomic mass is 9.98.